The Hall–Kier alpha value is -2.39. The summed E-state index contributed by atoms with van der Waals surface area (Å²) in [5.74, 6) is -0.516. The topological polar surface area (TPSA) is 104 Å². The molecule has 2 aromatic heterocycles. The summed E-state index contributed by atoms with van der Waals surface area (Å²) in [5.41, 5.74) is 6.50. The Bertz CT molecular complexity index is 919. The van der Waals surface area contributed by atoms with Crippen LogP contribution in [0, 0.1) is 11.2 Å². The second-order valence-electron chi connectivity index (χ2n) is 8.78. The van der Waals surface area contributed by atoms with Crippen molar-refractivity contribution in [3.05, 3.63) is 29.8 Å². The SMILES string of the molecule is CN(c1nnc(-c2ncc(/C(C=N)=C/N)cc2F)s1)C1CC(C)(C)NC(C)(C)C1. The zero-order chi connectivity index (χ0) is 21.4. The highest BCUT2D eigenvalue weighted by Crippen LogP contribution is 2.36. The van der Waals surface area contributed by atoms with Crippen LogP contribution >= 0.6 is 11.3 Å². The molecule has 0 amide bonds. The first-order valence-corrected chi connectivity index (χ1v) is 10.3. The van der Waals surface area contributed by atoms with Gasteiger partial charge in [-0.2, -0.15) is 0 Å². The molecule has 156 valence electrons. The first-order valence-electron chi connectivity index (χ1n) is 9.49. The van der Waals surface area contributed by atoms with Gasteiger partial charge in [0.05, 0.1) is 0 Å². The third-order valence-corrected chi connectivity index (χ3v) is 6.17. The van der Waals surface area contributed by atoms with Crippen molar-refractivity contribution in [2.75, 3.05) is 11.9 Å². The van der Waals surface area contributed by atoms with Gasteiger partial charge < -0.3 is 21.4 Å². The maximum atomic E-state index is 14.6. The van der Waals surface area contributed by atoms with Crippen molar-refractivity contribution in [1.82, 2.24) is 20.5 Å². The summed E-state index contributed by atoms with van der Waals surface area (Å²) in [4.78, 5) is 6.34. The number of hydrogen-bond acceptors (Lipinski definition) is 8. The van der Waals surface area contributed by atoms with E-state index < -0.39 is 5.82 Å². The molecule has 1 fully saturated rings. The molecule has 7 nitrogen and oxygen atoms in total. The van der Waals surface area contributed by atoms with Gasteiger partial charge in [0.25, 0.3) is 0 Å². The molecule has 1 aliphatic heterocycles. The maximum Gasteiger partial charge on any atom is 0.208 e. The Morgan fingerprint density at radius 3 is 2.52 bits per heavy atom. The van der Waals surface area contributed by atoms with Crippen LogP contribution in [0.4, 0.5) is 9.52 Å². The third kappa shape index (κ3) is 4.62. The summed E-state index contributed by atoms with van der Waals surface area (Å²) < 4.78 is 14.6. The van der Waals surface area contributed by atoms with E-state index in [0.29, 0.717) is 22.2 Å². The van der Waals surface area contributed by atoms with E-state index in [0.717, 1.165) is 24.2 Å². The number of nitrogens with zero attached hydrogens (tertiary/aromatic N) is 4. The number of allylic oxidation sites excluding steroid dienone is 1. The average Bonchev–Trinajstić information content (AvgIpc) is 3.09. The van der Waals surface area contributed by atoms with Crippen LogP contribution in [0.25, 0.3) is 16.3 Å². The smallest absolute Gasteiger partial charge is 0.208 e. The Morgan fingerprint density at radius 1 is 1.31 bits per heavy atom. The highest BCUT2D eigenvalue weighted by Gasteiger charge is 2.39. The maximum absolute atomic E-state index is 14.6. The largest absolute Gasteiger partial charge is 0.404 e. The Labute approximate surface area is 174 Å². The van der Waals surface area contributed by atoms with Gasteiger partial charge in [0, 0.05) is 53.9 Å². The van der Waals surface area contributed by atoms with E-state index in [1.54, 1.807) is 0 Å². The van der Waals surface area contributed by atoms with Crippen LogP contribution < -0.4 is 16.0 Å². The van der Waals surface area contributed by atoms with E-state index >= 15 is 0 Å². The minimum atomic E-state index is -0.516. The quantitative estimate of drug-likeness (QED) is 0.644. The molecule has 0 atom stereocenters. The number of hydrogen-bond donors (Lipinski definition) is 3. The second-order valence-corrected chi connectivity index (χ2v) is 9.73. The molecule has 0 radical (unpaired) electrons. The van der Waals surface area contributed by atoms with Crippen LogP contribution in [0.2, 0.25) is 0 Å². The number of nitrogens with one attached hydrogen (secondary N) is 2. The van der Waals surface area contributed by atoms with Crippen LogP contribution in [0.15, 0.2) is 18.5 Å². The van der Waals surface area contributed by atoms with Crippen LogP contribution in [-0.4, -0.2) is 45.6 Å². The molecular weight excluding hydrogens is 389 g/mol. The zero-order valence-electron chi connectivity index (χ0n) is 17.5. The van der Waals surface area contributed by atoms with Crippen molar-refractivity contribution < 1.29 is 4.39 Å². The van der Waals surface area contributed by atoms with Crippen molar-refractivity contribution in [3.8, 4) is 10.7 Å². The molecule has 3 rings (SSSR count). The first-order chi connectivity index (χ1) is 13.5. The number of pyridine rings is 1. The summed E-state index contributed by atoms with van der Waals surface area (Å²) in [6, 6.07) is 1.61. The molecule has 3 heterocycles. The Kier molecular flexibility index (Phi) is 5.73. The molecule has 1 saturated heterocycles. The van der Waals surface area contributed by atoms with Crippen molar-refractivity contribution in [1.29, 1.82) is 5.41 Å². The van der Waals surface area contributed by atoms with Gasteiger partial charge in [-0.05, 0) is 46.6 Å². The highest BCUT2D eigenvalue weighted by molar-refractivity contribution is 7.18. The standard InChI is InChI=1S/C20H28FN7S/c1-19(2)7-14(8-20(3,4)27-19)28(5)18-26-25-17(29-18)16-15(21)6-12(11-24-16)13(9-22)10-23/h6,9-11,14,22,27H,7-8,23H2,1-5H3/b13-10+,22-9?. The lowest BCUT2D eigenvalue weighted by molar-refractivity contribution is 0.161. The summed E-state index contributed by atoms with van der Waals surface area (Å²) in [6.45, 7) is 8.83. The predicted octanol–water partition coefficient (Wildman–Crippen LogP) is 3.43. The van der Waals surface area contributed by atoms with Gasteiger partial charge in [-0.15, -0.1) is 10.2 Å². The van der Waals surface area contributed by atoms with E-state index in [9.17, 15) is 4.39 Å². The van der Waals surface area contributed by atoms with Crippen LogP contribution in [0.3, 0.4) is 0 Å². The minimum Gasteiger partial charge on any atom is -0.404 e. The number of anilines is 1. The Morgan fingerprint density at radius 2 is 1.97 bits per heavy atom. The monoisotopic (exact) mass is 417 g/mol. The highest BCUT2D eigenvalue weighted by atomic mass is 32.1. The lowest BCUT2D eigenvalue weighted by atomic mass is 9.79. The number of rotatable bonds is 5. The van der Waals surface area contributed by atoms with Crippen molar-refractivity contribution in [3.63, 3.8) is 0 Å². The van der Waals surface area contributed by atoms with E-state index in [-0.39, 0.29) is 16.8 Å². The van der Waals surface area contributed by atoms with Gasteiger partial charge in [0.2, 0.25) is 5.13 Å². The van der Waals surface area contributed by atoms with E-state index in [1.165, 1.54) is 29.8 Å². The predicted molar refractivity (Wildman–Crippen MR) is 117 cm³/mol. The normalized spacial score (nSPS) is 19.2. The van der Waals surface area contributed by atoms with Crippen molar-refractivity contribution >= 4 is 28.3 Å². The van der Waals surface area contributed by atoms with Gasteiger partial charge in [-0.1, -0.05) is 11.3 Å². The zero-order valence-corrected chi connectivity index (χ0v) is 18.3. The molecular formula is C20H28FN7S. The van der Waals surface area contributed by atoms with Crippen LogP contribution in [0.1, 0.15) is 46.1 Å². The molecule has 1 aliphatic rings. The molecule has 0 unspecified atom stereocenters. The average molecular weight is 418 g/mol. The number of nitrogens with two attached hydrogens (primary N) is 1. The molecule has 29 heavy (non-hydrogen) atoms. The molecule has 4 N–H and O–H groups in total. The summed E-state index contributed by atoms with van der Waals surface area (Å²) >= 11 is 1.32. The molecule has 0 aliphatic carbocycles. The van der Waals surface area contributed by atoms with E-state index in [1.807, 2.05) is 7.05 Å². The molecule has 0 bridgehead atoms. The van der Waals surface area contributed by atoms with Crippen LogP contribution in [0.5, 0.6) is 0 Å². The van der Waals surface area contributed by atoms with E-state index in [4.69, 9.17) is 11.1 Å². The second kappa shape index (κ2) is 7.79. The van der Waals surface area contributed by atoms with E-state index in [2.05, 4.69) is 53.1 Å². The first kappa shape index (κ1) is 21.3. The lowest BCUT2D eigenvalue weighted by Gasteiger charge is -2.48. The van der Waals surface area contributed by atoms with Gasteiger partial charge >= 0.3 is 0 Å². The van der Waals surface area contributed by atoms with Gasteiger partial charge in [-0.3, -0.25) is 0 Å². The fraction of sp³-hybridized carbons (Fsp3) is 0.500. The molecule has 0 aromatic carbocycles. The lowest BCUT2D eigenvalue weighted by Crippen LogP contribution is -2.61. The number of halogens is 1. The van der Waals surface area contributed by atoms with Crippen molar-refractivity contribution in [2.45, 2.75) is 57.7 Å². The summed E-state index contributed by atoms with van der Waals surface area (Å²) in [5, 5.41) is 20.7. The van der Waals surface area contributed by atoms with Gasteiger partial charge in [-0.25, -0.2) is 9.37 Å². The van der Waals surface area contributed by atoms with Gasteiger partial charge in [0.15, 0.2) is 10.8 Å². The fourth-order valence-corrected chi connectivity index (χ4v) is 5.01. The molecule has 0 saturated carbocycles. The van der Waals surface area contributed by atoms with Gasteiger partial charge in [0.1, 0.15) is 5.69 Å². The summed E-state index contributed by atoms with van der Waals surface area (Å²) in [6.07, 6.45) is 5.76. The summed E-state index contributed by atoms with van der Waals surface area (Å²) in [7, 11) is 2.02. The van der Waals surface area contributed by atoms with Crippen molar-refractivity contribution in [2.24, 2.45) is 5.73 Å². The molecule has 0 spiro atoms. The van der Waals surface area contributed by atoms with Crippen LogP contribution in [-0.2, 0) is 0 Å². The number of piperidine rings is 1. The third-order valence-electron chi connectivity index (χ3n) is 5.14. The molecule has 2 aromatic rings. The Balaban J connectivity index is 1.85. The fourth-order valence-electron chi connectivity index (χ4n) is 4.13. The number of aromatic nitrogens is 3. The molecule has 9 heteroatoms. The minimum absolute atomic E-state index is 0.0147.